The Bertz CT molecular complexity index is 2290. The second-order valence-electron chi connectivity index (χ2n) is 14.0. The van der Waals surface area contributed by atoms with E-state index in [4.69, 9.17) is 14.7 Å². The van der Waals surface area contributed by atoms with E-state index in [0.717, 1.165) is 16.7 Å². The molecule has 19 nitrogen and oxygen atoms in total. The van der Waals surface area contributed by atoms with Gasteiger partial charge in [0.05, 0.1) is 12.9 Å². The highest BCUT2D eigenvalue weighted by atomic mass is 16.6. The fourth-order valence-corrected chi connectivity index (χ4v) is 7.15. The number of fused-ring (bicyclic) bond motifs is 1. The Morgan fingerprint density at radius 2 is 1.68 bits per heavy atom. The van der Waals surface area contributed by atoms with Crippen LogP contribution in [0.15, 0.2) is 79.1 Å². The van der Waals surface area contributed by atoms with Gasteiger partial charge >= 0.3 is 6.03 Å². The lowest BCUT2D eigenvalue weighted by atomic mass is 9.91. The van der Waals surface area contributed by atoms with Gasteiger partial charge in [0.25, 0.3) is 0 Å². The number of phenols is 3. The molecule has 8 N–H and O–H groups in total. The molecular weight excluding hydrogens is 736 g/mol. The Morgan fingerprint density at radius 3 is 2.37 bits per heavy atom. The van der Waals surface area contributed by atoms with Crippen molar-refractivity contribution in [3.8, 4) is 17.2 Å². The van der Waals surface area contributed by atoms with E-state index in [1.54, 1.807) is 47.0 Å². The molecule has 6 aromatic rings. The van der Waals surface area contributed by atoms with Crippen LogP contribution in [0, 0.1) is 0 Å². The predicted molar refractivity (Wildman–Crippen MR) is 204 cm³/mol. The Labute approximate surface area is 325 Å². The fraction of sp³-hybridized carbons (Fsp3) is 0.342. The molecule has 2 amide bonds. The maximum Gasteiger partial charge on any atom is 0.315 e. The van der Waals surface area contributed by atoms with Crippen molar-refractivity contribution in [1.82, 2.24) is 50.4 Å². The Balaban J connectivity index is 1.08. The van der Waals surface area contributed by atoms with Crippen molar-refractivity contribution < 1.29 is 35.1 Å². The van der Waals surface area contributed by atoms with E-state index in [9.17, 15) is 30.3 Å². The van der Waals surface area contributed by atoms with Crippen LogP contribution in [0.2, 0.25) is 0 Å². The molecule has 2 saturated heterocycles. The summed E-state index contributed by atoms with van der Waals surface area (Å²) in [6, 6.07) is 19.9. The van der Waals surface area contributed by atoms with Crippen LogP contribution in [0.25, 0.3) is 11.2 Å². The van der Waals surface area contributed by atoms with Gasteiger partial charge in [0.1, 0.15) is 29.5 Å². The highest BCUT2D eigenvalue weighted by Gasteiger charge is 2.47. The number of hydrogen-bond donors (Lipinski definition) is 8. The number of ether oxygens (including phenoxy) is 1. The quantitative estimate of drug-likeness (QED) is 0.0887. The molecule has 19 heteroatoms. The van der Waals surface area contributed by atoms with E-state index < -0.39 is 24.5 Å². The molecule has 5 atom stereocenters. The Hall–Kier alpha value is -6.57. The zero-order chi connectivity index (χ0) is 39.6. The van der Waals surface area contributed by atoms with Crippen molar-refractivity contribution in [1.29, 1.82) is 0 Å². The van der Waals surface area contributed by atoms with Crippen LogP contribution in [-0.2, 0) is 17.8 Å². The number of urea groups is 1. The van der Waals surface area contributed by atoms with Gasteiger partial charge in [0.2, 0.25) is 11.8 Å². The smallest absolute Gasteiger partial charge is 0.315 e. The number of phenolic OH excluding ortho intramolecular Hbond substituents is 3. The van der Waals surface area contributed by atoms with Crippen LogP contribution in [0.4, 0.5) is 16.6 Å². The summed E-state index contributed by atoms with van der Waals surface area (Å²) in [5.74, 6) is 0.973. The van der Waals surface area contributed by atoms with E-state index in [1.165, 1.54) is 11.1 Å². The molecule has 3 aromatic heterocycles. The molecule has 2 fully saturated rings. The van der Waals surface area contributed by atoms with Crippen LogP contribution in [0.5, 0.6) is 17.2 Å². The summed E-state index contributed by atoms with van der Waals surface area (Å²) in [4.78, 5) is 30.6. The van der Waals surface area contributed by atoms with E-state index in [0.29, 0.717) is 55.5 Å². The van der Waals surface area contributed by atoms with Gasteiger partial charge in [-0.3, -0.25) is 4.57 Å². The molecule has 0 unspecified atom stereocenters. The van der Waals surface area contributed by atoms with Gasteiger partial charge < -0.3 is 51.1 Å². The van der Waals surface area contributed by atoms with Crippen LogP contribution in [0.1, 0.15) is 54.1 Å². The molecular formula is C38H42N12O7. The Kier molecular flexibility index (Phi) is 10.4. The highest BCUT2D eigenvalue weighted by Crippen LogP contribution is 2.39. The van der Waals surface area contributed by atoms with Gasteiger partial charge in [-0.2, -0.15) is 14.8 Å². The minimum atomic E-state index is -1.40. The molecule has 2 aliphatic rings. The standard InChI is InChI=1S/C38H42N12O7/c1-2-50-46-34(45-47-50)32-30(54)31(55)36(57-32)49-20-41-29-33(39-18-28(22-6-10-25(51)11-7-22)23-8-12-26(52)13-9-23)43-37(44-35(29)49)48-15-14-24(19-48)42-38(56)40-17-21-4-3-5-27(53)16-21/h3-13,16,20,24,28,30-32,36,51-55H,2,14-15,17-19H2,1H3,(H,39,43,44)(H2,40,42,56)/t24-,30-,31+,32-,36+/m0/s1. The molecule has 0 bridgehead atoms. The number of carbonyl (C=O) groups excluding carboxylic acids is 1. The van der Waals surface area contributed by atoms with Gasteiger partial charge in [-0.05, 0) is 71.6 Å². The number of aliphatic hydroxyl groups is 2. The first-order chi connectivity index (χ1) is 27.6. The number of anilines is 2. The van der Waals surface area contributed by atoms with Crippen LogP contribution in [-0.4, -0.2) is 109 Å². The average Bonchev–Trinajstić information content (AvgIpc) is 4.03. The molecule has 2 aliphatic heterocycles. The summed E-state index contributed by atoms with van der Waals surface area (Å²) < 4.78 is 7.73. The minimum Gasteiger partial charge on any atom is -0.508 e. The molecule has 5 heterocycles. The number of amides is 2. The number of tetrazole rings is 1. The van der Waals surface area contributed by atoms with Crippen molar-refractivity contribution in [2.75, 3.05) is 29.9 Å². The zero-order valence-corrected chi connectivity index (χ0v) is 30.8. The van der Waals surface area contributed by atoms with Gasteiger partial charge in [0, 0.05) is 38.1 Å². The third-order valence-corrected chi connectivity index (χ3v) is 10.2. The maximum atomic E-state index is 12.9. The van der Waals surface area contributed by atoms with Crippen LogP contribution < -0.4 is 20.9 Å². The molecule has 0 saturated carbocycles. The number of carbonyl (C=O) groups is 1. The number of imidazole rings is 1. The zero-order valence-electron chi connectivity index (χ0n) is 30.8. The van der Waals surface area contributed by atoms with Crippen molar-refractivity contribution in [2.45, 2.75) is 62.9 Å². The molecule has 296 valence electrons. The Morgan fingerprint density at radius 1 is 0.947 bits per heavy atom. The van der Waals surface area contributed by atoms with Crippen molar-refractivity contribution in [2.24, 2.45) is 0 Å². The summed E-state index contributed by atoms with van der Waals surface area (Å²) in [6.07, 6.45) is -2.89. The van der Waals surface area contributed by atoms with E-state index in [1.807, 2.05) is 42.2 Å². The maximum absolute atomic E-state index is 12.9. The van der Waals surface area contributed by atoms with Crippen LogP contribution in [0.3, 0.4) is 0 Å². The number of aliphatic hydroxyl groups excluding tert-OH is 2. The first kappa shape index (κ1) is 37.4. The number of aryl methyl sites for hydroxylation is 1. The topological polar surface area (TPSA) is 254 Å². The molecule has 8 rings (SSSR count). The highest BCUT2D eigenvalue weighted by molar-refractivity contribution is 5.84. The molecule has 0 radical (unpaired) electrons. The predicted octanol–water partition coefficient (Wildman–Crippen LogP) is 2.26. The summed E-state index contributed by atoms with van der Waals surface area (Å²) >= 11 is 0. The lowest BCUT2D eigenvalue weighted by molar-refractivity contribution is -0.0384. The molecule has 57 heavy (non-hydrogen) atoms. The number of nitrogens with zero attached hydrogens (tertiary/aromatic N) is 9. The summed E-state index contributed by atoms with van der Waals surface area (Å²) in [5, 5.41) is 73.7. The number of rotatable bonds is 12. The first-order valence-corrected chi connectivity index (χ1v) is 18.6. The monoisotopic (exact) mass is 778 g/mol. The second kappa shape index (κ2) is 15.9. The molecule has 0 spiro atoms. The third-order valence-electron chi connectivity index (χ3n) is 10.2. The van der Waals surface area contributed by atoms with Gasteiger partial charge in [-0.1, -0.05) is 36.4 Å². The average molecular weight is 779 g/mol. The van der Waals surface area contributed by atoms with Crippen molar-refractivity contribution in [3.05, 3.63) is 102 Å². The minimum absolute atomic E-state index is 0.118. The fourth-order valence-electron chi connectivity index (χ4n) is 7.15. The number of aromatic nitrogens is 8. The van der Waals surface area contributed by atoms with Gasteiger partial charge in [-0.15, -0.1) is 10.2 Å². The normalized spacial score (nSPS) is 20.7. The number of aromatic hydroxyl groups is 3. The molecule has 0 aliphatic carbocycles. The summed E-state index contributed by atoms with van der Waals surface area (Å²) in [6.45, 7) is 3.77. The summed E-state index contributed by atoms with van der Waals surface area (Å²) in [7, 11) is 0. The number of hydrogen-bond acceptors (Lipinski definition) is 15. The largest absolute Gasteiger partial charge is 0.508 e. The van der Waals surface area contributed by atoms with E-state index in [2.05, 4.69) is 36.3 Å². The van der Waals surface area contributed by atoms with Gasteiger partial charge in [-0.25, -0.2) is 9.78 Å². The first-order valence-electron chi connectivity index (χ1n) is 18.6. The van der Waals surface area contributed by atoms with E-state index >= 15 is 0 Å². The lowest BCUT2D eigenvalue weighted by Crippen LogP contribution is -2.43. The van der Waals surface area contributed by atoms with Crippen molar-refractivity contribution in [3.63, 3.8) is 0 Å². The third kappa shape index (κ3) is 7.93. The lowest BCUT2D eigenvalue weighted by Gasteiger charge is -2.22. The molecule has 3 aromatic carbocycles. The summed E-state index contributed by atoms with van der Waals surface area (Å²) in [5.41, 5.74) is 3.24. The second-order valence-corrected chi connectivity index (χ2v) is 14.0. The van der Waals surface area contributed by atoms with Crippen LogP contribution >= 0.6 is 0 Å². The van der Waals surface area contributed by atoms with Gasteiger partial charge in [0.15, 0.2) is 29.3 Å². The van der Waals surface area contributed by atoms with Crippen molar-refractivity contribution >= 4 is 29.0 Å². The van der Waals surface area contributed by atoms with E-state index in [-0.39, 0.29) is 47.6 Å². The number of nitrogens with one attached hydrogen (secondary N) is 3. The SMILES string of the molecule is CCn1nnc([C@H]2O[C@@H](n3cnc4c(NCC(c5ccc(O)cc5)c5ccc(O)cc5)nc(N5CC[C@H](NC(=O)NCc6cccc(O)c6)C5)nc43)[C@H](O)[C@@H]2O)n1. The number of benzene rings is 3.